The number of nitrogens with zero attached hydrogens (tertiary/aromatic N) is 1. The first kappa shape index (κ1) is 15.7. The van der Waals surface area contributed by atoms with Gasteiger partial charge < -0.3 is 10.2 Å². The number of benzene rings is 1. The van der Waals surface area contributed by atoms with E-state index in [1.54, 1.807) is 24.0 Å². The molecule has 1 atom stereocenters. The molecule has 6 heteroatoms. The number of carbonyl (C=O) groups is 2. The molecule has 1 fully saturated rings. The van der Waals surface area contributed by atoms with E-state index in [0.717, 1.165) is 6.42 Å². The van der Waals surface area contributed by atoms with Crippen LogP contribution in [-0.2, 0) is 4.79 Å². The average molecular weight is 332 g/mol. The van der Waals surface area contributed by atoms with Crippen molar-refractivity contribution in [2.24, 2.45) is 0 Å². The quantitative estimate of drug-likeness (QED) is 0.936. The lowest BCUT2D eigenvalue weighted by Gasteiger charge is -2.23. The lowest BCUT2D eigenvalue weighted by Crippen LogP contribution is -2.43. The number of hydrogen-bond donors (Lipinski definition) is 1. The van der Waals surface area contributed by atoms with Crippen molar-refractivity contribution in [1.29, 1.82) is 0 Å². The molecular formula is C17H17FN2O2S. The molecule has 23 heavy (non-hydrogen) atoms. The standard InChI is InChI=1S/C17H17FN2O2S/c1-11-10-12(18)6-7-13(11)19-16(21)14-4-2-8-20(14)17(22)15-5-3-9-23-15/h3,5-7,9-10,14H,2,4,8H2,1H3,(H,19,21). The number of thiophene rings is 1. The van der Waals surface area contributed by atoms with Crippen LogP contribution in [0.3, 0.4) is 0 Å². The Hall–Kier alpha value is -2.21. The molecule has 0 spiro atoms. The van der Waals surface area contributed by atoms with E-state index in [-0.39, 0.29) is 17.6 Å². The zero-order valence-electron chi connectivity index (χ0n) is 12.7. The molecule has 1 N–H and O–H groups in total. The molecule has 3 rings (SSSR count). The summed E-state index contributed by atoms with van der Waals surface area (Å²) in [6, 6.07) is 7.34. The highest BCUT2D eigenvalue weighted by atomic mass is 32.1. The Morgan fingerprint density at radius 2 is 2.17 bits per heavy atom. The van der Waals surface area contributed by atoms with Gasteiger partial charge in [0.1, 0.15) is 11.9 Å². The topological polar surface area (TPSA) is 49.4 Å². The first-order valence-corrected chi connectivity index (χ1v) is 8.36. The van der Waals surface area contributed by atoms with Crippen molar-refractivity contribution in [3.8, 4) is 0 Å². The largest absolute Gasteiger partial charge is 0.326 e. The molecule has 2 heterocycles. The highest BCUT2D eigenvalue weighted by Gasteiger charge is 2.35. The van der Waals surface area contributed by atoms with Crippen LogP contribution in [0.1, 0.15) is 28.1 Å². The van der Waals surface area contributed by atoms with Gasteiger partial charge in [0, 0.05) is 12.2 Å². The monoisotopic (exact) mass is 332 g/mol. The predicted molar refractivity (Wildman–Crippen MR) is 88.1 cm³/mol. The van der Waals surface area contributed by atoms with Gasteiger partial charge in [-0.3, -0.25) is 9.59 Å². The number of anilines is 1. The molecule has 2 amide bonds. The van der Waals surface area contributed by atoms with Gasteiger partial charge in [0.15, 0.2) is 0 Å². The Morgan fingerprint density at radius 3 is 2.87 bits per heavy atom. The number of likely N-dealkylation sites (tertiary alicyclic amines) is 1. The van der Waals surface area contributed by atoms with Gasteiger partial charge in [0.05, 0.1) is 4.88 Å². The highest BCUT2D eigenvalue weighted by molar-refractivity contribution is 7.12. The van der Waals surface area contributed by atoms with E-state index in [0.29, 0.717) is 29.1 Å². The Morgan fingerprint density at radius 1 is 1.35 bits per heavy atom. The van der Waals surface area contributed by atoms with Gasteiger partial charge in [-0.05, 0) is 55.0 Å². The second-order valence-electron chi connectivity index (χ2n) is 5.58. The molecule has 0 aliphatic carbocycles. The van der Waals surface area contributed by atoms with Crippen molar-refractivity contribution in [3.05, 3.63) is 52.0 Å². The van der Waals surface area contributed by atoms with Gasteiger partial charge in [-0.15, -0.1) is 11.3 Å². The van der Waals surface area contributed by atoms with Crippen molar-refractivity contribution in [2.75, 3.05) is 11.9 Å². The normalized spacial score (nSPS) is 17.3. The van der Waals surface area contributed by atoms with Crippen LogP contribution in [0.4, 0.5) is 10.1 Å². The van der Waals surface area contributed by atoms with Gasteiger partial charge >= 0.3 is 0 Å². The third kappa shape index (κ3) is 3.27. The minimum absolute atomic E-state index is 0.103. The SMILES string of the molecule is Cc1cc(F)ccc1NC(=O)C1CCCN1C(=O)c1cccs1. The van der Waals surface area contributed by atoms with Crippen LogP contribution >= 0.6 is 11.3 Å². The molecule has 0 bridgehead atoms. The van der Waals surface area contributed by atoms with E-state index < -0.39 is 6.04 Å². The van der Waals surface area contributed by atoms with Crippen molar-refractivity contribution >= 4 is 28.8 Å². The summed E-state index contributed by atoms with van der Waals surface area (Å²) < 4.78 is 13.1. The summed E-state index contributed by atoms with van der Waals surface area (Å²) in [7, 11) is 0. The minimum Gasteiger partial charge on any atom is -0.326 e. The Bertz CT molecular complexity index is 730. The molecule has 4 nitrogen and oxygen atoms in total. The van der Waals surface area contributed by atoms with E-state index in [1.165, 1.54) is 23.5 Å². The summed E-state index contributed by atoms with van der Waals surface area (Å²) in [5, 5.41) is 4.66. The van der Waals surface area contributed by atoms with E-state index in [2.05, 4.69) is 5.32 Å². The van der Waals surface area contributed by atoms with Crippen LogP contribution in [0.25, 0.3) is 0 Å². The first-order valence-electron chi connectivity index (χ1n) is 7.48. The molecule has 1 aromatic heterocycles. The Balaban J connectivity index is 1.74. The maximum absolute atomic E-state index is 13.1. The molecule has 120 valence electrons. The molecule has 1 aromatic carbocycles. The highest BCUT2D eigenvalue weighted by Crippen LogP contribution is 2.24. The van der Waals surface area contributed by atoms with E-state index in [9.17, 15) is 14.0 Å². The second-order valence-corrected chi connectivity index (χ2v) is 6.53. The van der Waals surface area contributed by atoms with Crippen LogP contribution in [0, 0.1) is 12.7 Å². The lowest BCUT2D eigenvalue weighted by molar-refractivity contribution is -0.119. The summed E-state index contributed by atoms with van der Waals surface area (Å²) >= 11 is 1.38. The third-order valence-electron chi connectivity index (χ3n) is 3.99. The van der Waals surface area contributed by atoms with Gasteiger partial charge in [0.2, 0.25) is 5.91 Å². The summed E-state index contributed by atoms with van der Waals surface area (Å²) in [4.78, 5) is 27.3. The van der Waals surface area contributed by atoms with Crippen molar-refractivity contribution < 1.29 is 14.0 Å². The molecule has 0 radical (unpaired) electrons. The molecule has 2 aromatic rings. The van der Waals surface area contributed by atoms with Crippen LogP contribution < -0.4 is 5.32 Å². The van der Waals surface area contributed by atoms with Crippen LogP contribution in [0.5, 0.6) is 0 Å². The maximum atomic E-state index is 13.1. The maximum Gasteiger partial charge on any atom is 0.264 e. The lowest BCUT2D eigenvalue weighted by atomic mass is 10.1. The smallest absolute Gasteiger partial charge is 0.264 e. The first-order chi connectivity index (χ1) is 11.1. The number of rotatable bonds is 3. The van der Waals surface area contributed by atoms with Crippen LogP contribution in [0.15, 0.2) is 35.7 Å². The molecular weight excluding hydrogens is 315 g/mol. The fourth-order valence-electron chi connectivity index (χ4n) is 2.81. The Kier molecular flexibility index (Phi) is 4.43. The minimum atomic E-state index is -0.478. The summed E-state index contributed by atoms with van der Waals surface area (Å²) in [5.74, 6) is -0.661. The van der Waals surface area contributed by atoms with Crippen LogP contribution in [-0.4, -0.2) is 29.3 Å². The van der Waals surface area contributed by atoms with Crippen molar-refractivity contribution in [3.63, 3.8) is 0 Å². The number of hydrogen-bond acceptors (Lipinski definition) is 3. The third-order valence-corrected chi connectivity index (χ3v) is 4.85. The molecule has 1 aliphatic heterocycles. The van der Waals surface area contributed by atoms with E-state index in [1.807, 2.05) is 11.4 Å². The number of amides is 2. The predicted octanol–water partition coefficient (Wildman–Crippen LogP) is 3.44. The summed E-state index contributed by atoms with van der Waals surface area (Å²) in [6.45, 7) is 2.32. The molecule has 0 saturated carbocycles. The number of carbonyl (C=O) groups excluding carboxylic acids is 2. The fraction of sp³-hybridized carbons (Fsp3) is 0.294. The molecule has 1 unspecified atom stereocenters. The summed E-state index contributed by atoms with van der Waals surface area (Å²) in [6.07, 6.45) is 1.45. The van der Waals surface area contributed by atoms with Gasteiger partial charge in [0.25, 0.3) is 5.91 Å². The number of halogens is 1. The zero-order chi connectivity index (χ0) is 16.4. The second kappa shape index (κ2) is 6.50. The van der Waals surface area contributed by atoms with Gasteiger partial charge in [-0.1, -0.05) is 6.07 Å². The van der Waals surface area contributed by atoms with Gasteiger partial charge in [-0.25, -0.2) is 4.39 Å². The molecule has 1 aliphatic rings. The van der Waals surface area contributed by atoms with Crippen LogP contribution in [0.2, 0.25) is 0 Å². The van der Waals surface area contributed by atoms with Crippen molar-refractivity contribution in [2.45, 2.75) is 25.8 Å². The number of aryl methyl sites for hydroxylation is 1. The van der Waals surface area contributed by atoms with Crippen molar-refractivity contribution in [1.82, 2.24) is 4.90 Å². The van der Waals surface area contributed by atoms with Gasteiger partial charge in [-0.2, -0.15) is 0 Å². The zero-order valence-corrected chi connectivity index (χ0v) is 13.5. The number of nitrogens with one attached hydrogen (secondary N) is 1. The molecule has 1 saturated heterocycles. The average Bonchev–Trinajstić information content (AvgIpc) is 3.20. The Labute approximate surface area is 137 Å². The van der Waals surface area contributed by atoms with E-state index >= 15 is 0 Å². The van der Waals surface area contributed by atoms with E-state index in [4.69, 9.17) is 0 Å². The summed E-state index contributed by atoms with van der Waals surface area (Å²) in [5.41, 5.74) is 1.24. The fourth-order valence-corrected chi connectivity index (χ4v) is 3.49.